The number of benzene rings is 3. The number of nitrogens with one attached hydrogen (secondary N) is 1. The maximum atomic E-state index is 4.80. The molecule has 0 bridgehead atoms. The molecule has 6 heteroatoms. The molecule has 3 aromatic carbocycles. The second-order valence-corrected chi connectivity index (χ2v) is 7.87. The van der Waals surface area contributed by atoms with Crippen LogP contribution in [-0.2, 0) is 12.8 Å². The number of rotatable bonds is 5. The number of hydrogen-bond acceptors (Lipinski definition) is 4. The Morgan fingerprint density at radius 2 is 1.53 bits per heavy atom. The molecule has 154 valence electrons. The lowest BCUT2D eigenvalue weighted by atomic mass is 10.0. The largest absolute Gasteiger partial charge is 0.361 e. The lowest BCUT2D eigenvalue weighted by molar-refractivity contribution is 0.832. The van der Waals surface area contributed by atoms with Crippen LogP contribution < -0.4 is 0 Å². The Balaban J connectivity index is 1.30. The molecule has 32 heavy (non-hydrogen) atoms. The van der Waals surface area contributed by atoms with E-state index in [0.29, 0.717) is 12.2 Å². The van der Waals surface area contributed by atoms with Crippen molar-refractivity contribution in [1.82, 2.24) is 29.8 Å². The molecule has 0 aliphatic rings. The topological polar surface area (TPSA) is 71.8 Å². The number of para-hydroxylation sites is 1. The lowest BCUT2D eigenvalue weighted by Crippen LogP contribution is -2.02. The first-order valence-corrected chi connectivity index (χ1v) is 10.6. The van der Waals surface area contributed by atoms with Crippen LogP contribution in [0.4, 0.5) is 0 Å². The fourth-order valence-electron chi connectivity index (χ4n) is 4.05. The van der Waals surface area contributed by atoms with Crippen LogP contribution in [0.15, 0.2) is 91.3 Å². The first-order valence-electron chi connectivity index (χ1n) is 10.6. The summed E-state index contributed by atoms with van der Waals surface area (Å²) in [4.78, 5) is 7.79. The fraction of sp³-hybridized carbons (Fsp3) is 0.0769. The Kier molecular flexibility index (Phi) is 4.46. The molecule has 3 aromatic heterocycles. The van der Waals surface area contributed by atoms with Gasteiger partial charge < -0.3 is 4.98 Å². The van der Waals surface area contributed by atoms with Crippen LogP contribution in [0.5, 0.6) is 0 Å². The van der Waals surface area contributed by atoms with Crippen molar-refractivity contribution in [2.75, 3.05) is 0 Å². The highest BCUT2D eigenvalue weighted by Gasteiger charge is 2.13. The predicted octanol–water partition coefficient (Wildman–Crippen LogP) is 4.85. The third kappa shape index (κ3) is 3.41. The number of H-pyrrole nitrogens is 1. The smallest absolute Gasteiger partial charge is 0.271 e. The van der Waals surface area contributed by atoms with Crippen LogP contribution in [0, 0.1) is 0 Å². The molecule has 0 saturated heterocycles. The number of nitrogens with zero attached hydrogens (tertiary/aromatic N) is 5. The summed E-state index contributed by atoms with van der Waals surface area (Å²) in [6.45, 7) is 0. The van der Waals surface area contributed by atoms with Gasteiger partial charge in [-0.05, 0) is 29.2 Å². The van der Waals surface area contributed by atoms with E-state index in [1.54, 1.807) is 10.7 Å². The SMILES string of the molecule is c1ccc(Cc2ccc(-c3cnc4nnc(Cc5c[nH]c6ccccc56)n4n3)cc2)cc1. The minimum Gasteiger partial charge on any atom is -0.361 e. The molecule has 0 atom stereocenters. The number of hydrogen-bond donors (Lipinski definition) is 1. The monoisotopic (exact) mass is 416 g/mol. The van der Waals surface area contributed by atoms with Crippen LogP contribution in [0.2, 0.25) is 0 Å². The van der Waals surface area contributed by atoms with Gasteiger partial charge in [-0.2, -0.15) is 9.61 Å². The van der Waals surface area contributed by atoms with E-state index in [4.69, 9.17) is 5.10 Å². The zero-order valence-corrected chi connectivity index (χ0v) is 17.3. The van der Waals surface area contributed by atoms with Gasteiger partial charge in [-0.25, -0.2) is 4.98 Å². The number of fused-ring (bicyclic) bond motifs is 2. The van der Waals surface area contributed by atoms with E-state index in [9.17, 15) is 0 Å². The van der Waals surface area contributed by atoms with E-state index in [1.807, 2.05) is 24.4 Å². The molecule has 6 rings (SSSR count). The average Bonchev–Trinajstić information content (AvgIpc) is 3.44. The maximum Gasteiger partial charge on any atom is 0.271 e. The molecule has 0 aliphatic carbocycles. The van der Waals surface area contributed by atoms with E-state index < -0.39 is 0 Å². The van der Waals surface area contributed by atoms with Gasteiger partial charge in [0.05, 0.1) is 6.20 Å². The minimum atomic E-state index is 0.504. The minimum absolute atomic E-state index is 0.504. The van der Waals surface area contributed by atoms with Crippen molar-refractivity contribution in [3.8, 4) is 11.3 Å². The van der Waals surface area contributed by atoms with E-state index >= 15 is 0 Å². The van der Waals surface area contributed by atoms with Gasteiger partial charge >= 0.3 is 0 Å². The quantitative estimate of drug-likeness (QED) is 0.436. The van der Waals surface area contributed by atoms with Crippen LogP contribution >= 0.6 is 0 Å². The van der Waals surface area contributed by atoms with Crippen LogP contribution in [0.3, 0.4) is 0 Å². The van der Waals surface area contributed by atoms with Gasteiger partial charge in [0.2, 0.25) is 0 Å². The van der Waals surface area contributed by atoms with Crippen molar-refractivity contribution < 1.29 is 0 Å². The van der Waals surface area contributed by atoms with E-state index in [2.05, 4.69) is 80.8 Å². The summed E-state index contributed by atoms with van der Waals surface area (Å²) in [5.41, 5.74) is 6.64. The van der Waals surface area contributed by atoms with Gasteiger partial charge in [0, 0.05) is 29.1 Å². The van der Waals surface area contributed by atoms with Gasteiger partial charge in [0.1, 0.15) is 5.69 Å². The van der Waals surface area contributed by atoms with E-state index in [-0.39, 0.29) is 0 Å². The third-order valence-electron chi connectivity index (χ3n) is 5.72. The Morgan fingerprint density at radius 3 is 2.41 bits per heavy atom. The lowest BCUT2D eigenvalue weighted by Gasteiger charge is -2.05. The predicted molar refractivity (Wildman–Crippen MR) is 124 cm³/mol. The summed E-state index contributed by atoms with van der Waals surface area (Å²) >= 11 is 0. The first-order chi connectivity index (χ1) is 15.8. The summed E-state index contributed by atoms with van der Waals surface area (Å²) in [5.74, 6) is 1.27. The second kappa shape index (κ2) is 7.74. The number of aromatic amines is 1. The molecule has 0 amide bonds. The average molecular weight is 416 g/mol. The fourth-order valence-corrected chi connectivity index (χ4v) is 4.05. The molecule has 0 unspecified atom stereocenters. The van der Waals surface area contributed by atoms with Crippen LogP contribution in [0.25, 0.3) is 27.9 Å². The molecule has 0 radical (unpaired) electrons. The van der Waals surface area contributed by atoms with Gasteiger partial charge in [-0.1, -0.05) is 72.8 Å². The Hall–Kier alpha value is -4.32. The molecule has 6 nitrogen and oxygen atoms in total. The zero-order valence-electron chi connectivity index (χ0n) is 17.3. The summed E-state index contributed by atoms with van der Waals surface area (Å²) in [7, 11) is 0. The normalized spacial score (nSPS) is 11.4. The summed E-state index contributed by atoms with van der Waals surface area (Å²) in [6, 6.07) is 27.2. The third-order valence-corrected chi connectivity index (χ3v) is 5.72. The number of aromatic nitrogens is 6. The molecule has 0 aliphatic heterocycles. The van der Waals surface area contributed by atoms with E-state index in [0.717, 1.165) is 34.6 Å². The molecular weight excluding hydrogens is 396 g/mol. The van der Waals surface area contributed by atoms with Crippen LogP contribution in [0.1, 0.15) is 22.5 Å². The van der Waals surface area contributed by atoms with Crippen molar-refractivity contribution in [2.45, 2.75) is 12.8 Å². The highest BCUT2D eigenvalue weighted by atomic mass is 15.4. The summed E-state index contributed by atoms with van der Waals surface area (Å²) < 4.78 is 1.75. The van der Waals surface area contributed by atoms with Gasteiger partial charge in [0.25, 0.3) is 5.78 Å². The zero-order chi connectivity index (χ0) is 21.3. The van der Waals surface area contributed by atoms with Gasteiger partial charge in [-0.15, -0.1) is 10.2 Å². The Labute approximate surface area is 184 Å². The highest BCUT2D eigenvalue weighted by molar-refractivity contribution is 5.83. The second-order valence-electron chi connectivity index (χ2n) is 7.87. The molecule has 0 fully saturated rings. The Bertz CT molecular complexity index is 1510. The van der Waals surface area contributed by atoms with Crippen molar-refractivity contribution in [1.29, 1.82) is 0 Å². The van der Waals surface area contributed by atoms with Crippen molar-refractivity contribution >= 4 is 16.7 Å². The van der Waals surface area contributed by atoms with E-state index in [1.165, 1.54) is 16.5 Å². The van der Waals surface area contributed by atoms with Gasteiger partial charge in [-0.3, -0.25) is 0 Å². The molecule has 0 spiro atoms. The first kappa shape index (κ1) is 18.4. The summed E-state index contributed by atoms with van der Waals surface area (Å²) in [6.07, 6.45) is 5.31. The molecular formula is C26H20N6. The standard InChI is InChI=1S/C26H20N6/c1-2-6-18(7-3-1)14-19-10-12-20(13-11-19)24-17-28-26-30-29-25(32(26)31-24)15-21-16-27-23-9-5-4-8-22(21)23/h1-13,16-17,27H,14-15H2. The molecule has 1 N–H and O–H groups in total. The maximum absolute atomic E-state index is 4.80. The van der Waals surface area contributed by atoms with Crippen molar-refractivity contribution in [2.24, 2.45) is 0 Å². The molecule has 6 aromatic rings. The summed E-state index contributed by atoms with van der Waals surface area (Å²) in [5, 5.41) is 14.5. The molecule has 0 saturated carbocycles. The van der Waals surface area contributed by atoms with Gasteiger partial charge in [0.15, 0.2) is 5.82 Å². The highest BCUT2D eigenvalue weighted by Crippen LogP contribution is 2.22. The van der Waals surface area contributed by atoms with Crippen molar-refractivity contribution in [3.63, 3.8) is 0 Å². The van der Waals surface area contributed by atoms with Crippen LogP contribution in [-0.4, -0.2) is 29.8 Å². The van der Waals surface area contributed by atoms with Crippen molar-refractivity contribution in [3.05, 3.63) is 114 Å². The molecule has 3 heterocycles. The Morgan fingerprint density at radius 1 is 0.750 bits per heavy atom.